The smallest absolute Gasteiger partial charge is 0.407 e. The number of piperidine rings is 1. The molecular formula is C19H24N2O3. The lowest BCUT2D eigenvalue weighted by Gasteiger charge is -2.45. The molecule has 2 aliphatic heterocycles. The fraction of sp³-hybridized carbons (Fsp3) is 0.579. The SMILES string of the molecule is Cc1cccc(C2CCN(C(=O)C3CC4(COC(=O)N4)C3)CC2)c1. The molecule has 1 N–H and O–H groups in total. The highest BCUT2D eigenvalue weighted by Gasteiger charge is 2.53. The molecule has 2 saturated heterocycles. The van der Waals surface area contributed by atoms with Gasteiger partial charge in [0.25, 0.3) is 0 Å². The number of nitrogens with one attached hydrogen (secondary N) is 1. The first-order valence-corrected chi connectivity index (χ1v) is 8.85. The Kier molecular flexibility index (Phi) is 3.74. The van der Waals surface area contributed by atoms with E-state index in [1.54, 1.807) is 0 Å². The summed E-state index contributed by atoms with van der Waals surface area (Å²) in [5.74, 6) is 0.858. The number of alkyl carbamates (subject to hydrolysis) is 1. The Morgan fingerprint density at radius 3 is 2.67 bits per heavy atom. The number of ether oxygens (including phenoxy) is 1. The molecular weight excluding hydrogens is 304 g/mol. The number of hydrogen-bond donors (Lipinski definition) is 1. The van der Waals surface area contributed by atoms with E-state index in [4.69, 9.17) is 4.74 Å². The molecule has 2 amide bonds. The summed E-state index contributed by atoms with van der Waals surface area (Å²) in [6.45, 7) is 4.21. The average molecular weight is 328 g/mol. The van der Waals surface area contributed by atoms with E-state index >= 15 is 0 Å². The molecule has 24 heavy (non-hydrogen) atoms. The van der Waals surface area contributed by atoms with Crippen molar-refractivity contribution in [1.82, 2.24) is 10.2 Å². The number of benzene rings is 1. The molecule has 4 rings (SSSR count). The predicted molar refractivity (Wildman–Crippen MR) is 89.7 cm³/mol. The van der Waals surface area contributed by atoms with Crippen molar-refractivity contribution in [3.05, 3.63) is 35.4 Å². The van der Waals surface area contributed by atoms with E-state index in [2.05, 4.69) is 36.5 Å². The zero-order chi connectivity index (χ0) is 16.7. The lowest BCUT2D eigenvalue weighted by molar-refractivity contribution is -0.142. The molecule has 5 heteroatoms. The van der Waals surface area contributed by atoms with Gasteiger partial charge in [0.15, 0.2) is 0 Å². The fourth-order valence-corrected chi connectivity index (χ4v) is 4.39. The molecule has 0 unspecified atom stereocenters. The number of nitrogens with zero attached hydrogens (tertiary/aromatic N) is 1. The molecule has 0 bridgehead atoms. The van der Waals surface area contributed by atoms with Crippen molar-refractivity contribution in [2.45, 2.75) is 44.1 Å². The van der Waals surface area contributed by atoms with Crippen molar-refractivity contribution in [2.24, 2.45) is 5.92 Å². The Morgan fingerprint density at radius 1 is 1.29 bits per heavy atom. The van der Waals surface area contributed by atoms with Crippen LogP contribution in [0.1, 0.15) is 42.7 Å². The van der Waals surface area contributed by atoms with E-state index in [0.717, 1.165) is 38.8 Å². The zero-order valence-electron chi connectivity index (χ0n) is 14.1. The fourth-order valence-electron chi connectivity index (χ4n) is 4.39. The van der Waals surface area contributed by atoms with Crippen molar-refractivity contribution in [3.63, 3.8) is 0 Å². The normalized spacial score (nSPS) is 30.0. The number of aryl methyl sites for hydroxylation is 1. The van der Waals surface area contributed by atoms with E-state index in [1.807, 2.05) is 4.90 Å². The van der Waals surface area contributed by atoms with Crippen LogP contribution in [0.5, 0.6) is 0 Å². The number of hydrogen-bond acceptors (Lipinski definition) is 3. The molecule has 0 aromatic heterocycles. The predicted octanol–water partition coefficient (Wildman–Crippen LogP) is 2.59. The second kappa shape index (κ2) is 5.80. The lowest BCUT2D eigenvalue weighted by atomic mass is 9.68. The van der Waals surface area contributed by atoms with Gasteiger partial charge in [-0.3, -0.25) is 4.79 Å². The highest BCUT2D eigenvalue weighted by molar-refractivity contribution is 5.81. The second-order valence-electron chi connectivity index (χ2n) is 7.60. The van der Waals surface area contributed by atoms with Crippen LogP contribution in [0.25, 0.3) is 0 Å². The first-order valence-electron chi connectivity index (χ1n) is 8.85. The van der Waals surface area contributed by atoms with Gasteiger partial charge in [0.2, 0.25) is 5.91 Å². The number of carbonyl (C=O) groups is 2. The van der Waals surface area contributed by atoms with Crippen LogP contribution in [-0.2, 0) is 9.53 Å². The average Bonchev–Trinajstić information content (AvgIpc) is 2.95. The Labute approximate surface area is 142 Å². The molecule has 1 spiro atoms. The van der Waals surface area contributed by atoms with E-state index < -0.39 is 0 Å². The second-order valence-corrected chi connectivity index (χ2v) is 7.60. The summed E-state index contributed by atoms with van der Waals surface area (Å²) in [5.41, 5.74) is 2.43. The van der Waals surface area contributed by atoms with Crippen LogP contribution in [0.4, 0.5) is 4.79 Å². The standard InChI is InChI=1S/C19H24N2O3/c1-13-3-2-4-15(9-13)14-5-7-21(8-6-14)17(22)16-10-19(11-16)12-24-18(23)20-19/h2-4,9,14,16H,5-8,10-12H2,1H3,(H,20,23). The van der Waals surface area contributed by atoms with Crippen LogP contribution in [0, 0.1) is 12.8 Å². The molecule has 1 aliphatic carbocycles. The summed E-state index contributed by atoms with van der Waals surface area (Å²) >= 11 is 0. The summed E-state index contributed by atoms with van der Waals surface area (Å²) in [7, 11) is 0. The number of cyclic esters (lactones) is 1. The van der Waals surface area contributed by atoms with Crippen molar-refractivity contribution in [1.29, 1.82) is 0 Å². The Balaban J connectivity index is 1.30. The number of likely N-dealkylation sites (tertiary alicyclic amines) is 1. The van der Waals surface area contributed by atoms with Crippen LogP contribution in [0.3, 0.4) is 0 Å². The molecule has 1 aromatic carbocycles. The Hall–Kier alpha value is -2.04. The van der Waals surface area contributed by atoms with E-state index in [9.17, 15) is 9.59 Å². The number of amides is 2. The quantitative estimate of drug-likeness (QED) is 0.908. The van der Waals surface area contributed by atoms with Gasteiger partial charge >= 0.3 is 6.09 Å². The largest absolute Gasteiger partial charge is 0.447 e. The van der Waals surface area contributed by atoms with Gasteiger partial charge in [-0.1, -0.05) is 29.8 Å². The summed E-state index contributed by atoms with van der Waals surface area (Å²) < 4.78 is 4.98. The Bertz CT molecular complexity index is 658. The molecule has 3 fully saturated rings. The molecule has 1 saturated carbocycles. The third-order valence-electron chi connectivity index (χ3n) is 5.79. The first kappa shape index (κ1) is 15.5. The monoisotopic (exact) mass is 328 g/mol. The van der Waals surface area contributed by atoms with Gasteiger partial charge in [0, 0.05) is 19.0 Å². The van der Waals surface area contributed by atoms with E-state index in [1.165, 1.54) is 11.1 Å². The van der Waals surface area contributed by atoms with Crippen molar-refractivity contribution in [3.8, 4) is 0 Å². The maximum atomic E-state index is 12.7. The zero-order valence-corrected chi connectivity index (χ0v) is 14.1. The third-order valence-corrected chi connectivity index (χ3v) is 5.79. The topological polar surface area (TPSA) is 58.6 Å². The van der Waals surface area contributed by atoms with Crippen molar-refractivity contribution in [2.75, 3.05) is 19.7 Å². The Morgan fingerprint density at radius 2 is 2.04 bits per heavy atom. The summed E-state index contributed by atoms with van der Waals surface area (Å²) in [6, 6.07) is 8.71. The molecule has 2 heterocycles. The molecule has 128 valence electrons. The van der Waals surface area contributed by atoms with Gasteiger partial charge in [0.1, 0.15) is 6.61 Å². The van der Waals surface area contributed by atoms with Crippen LogP contribution in [0.2, 0.25) is 0 Å². The summed E-state index contributed by atoms with van der Waals surface area (Å²) in [4.78, 5) is 25.9. The lowest BCUT2D eigenvalue weighted by Crippen LogP contribution is -2.58. The number of rotatable bonds is 2. The molecule has 3 aliphatic rings. The summed E-state index contributed by atoms with van der Waals surface area (Å²) in [6.07, 6.45) is 3.16. The maximum absolute atomic E-state index is 12.7. The number of carbonyl (C=O) groups excluding carboxylic acids is 2. The summed E-state index contributed by atoms with van der Waals surface area (Å²) in [5, 5.41) is 2.86. The molecule has 0 atom stereocenters. The van der Waals surface area contributed by atoms with Gasteiger partial charge in [-0.15, -0.1) is 0 Å². The molecule has 1 aromatic rings. The maximum Gasteiger partial charge on any atom is 0.407 e. The van der Waals surface area contributed by atoms with Gasteiger partial charge in [-0.05, 0) is 44.1 Å². The van der Waals surface area contributed by atoms with Crippen molar-refractivity contribution < 1.29 is 14.3 Å². The minimum absolute atomic E-state index is 0.0440. The minimum Gasteiger partial charge on any atom is -0.447 e. The van der Waals surface area contributed by atoms with Gasteiger partial charge in [-0.2, -0.15) is 0 Å². The van der Waals surface area contributed by atoms with Crippen LogP contribution in [0.15, 0.2) is 24.3 Å². The van der Waals surface area contributed by atoms with Gasteiger partial charge in [0.05, 0.1) is 5.54 Å². The van der Waals surface area contributed by atoms with Crippen LogP contribution in [-0.4, -0.2) is 42.1 Å². The first-order chi connectivity index (χ1) is 11.5. The third kappa shape index (κ3) is 2.76. The highest BCUT2D eigenvalue weighted by atomic mass is 16.6. The molecule has 5 nitrogen and oxygen atoms in total. The molecule has 0 radical (unpaired) electrons. The van der Waals surface area contributed by atoms with Crippen LogP contribution < -0.4 is 5.32 Å². The highest BCUT2D eigenvalue weighted by Crippen LogP contribution is 2.42. The van der Waals surface area contributed by atoms with Gasteiger partial charge < -0.3 is 15.0 Å². The van der Waals surface area contributed by atoms with Crippen LogP contribution >= 0.6 is 0 Å². The van der Waals surface area contributed by atoms with Crippen molar-refractivity contribution >= 4 is 12.0 Å². The van der Waals surface area contributed by atoms with Gasteiger partial charge in [-0.25, -0.2) is 4.79 Å². The van der Waals surface area contributed by atoms with E-state index in [-0.39, 0.29) is 23.5 Å². The minimum atomic E-state index is -0.347. The van der Waals surface area contributed by atoms with E-state index in [0.29, 0.717) is 12.5 Å².